The number of rotatable bonds is 3. The van der Waals surface area contributed by atoms with Crippen LogP contribution in [0.3, 0.4) is 0 Å². The van der Waals surface area contributed by atoms with Crippen molar-refractivity contribution in [2.24, 2.45) is 0 Å². The molecule has 6 nitrogen and oxygen atoms in total. The highest BCUT2D eigenvalue weighted by Gasteiger charge is 2.12. The van der Waals surface area contributed by atoms with Crippen LogP contribution in [0.1, 0.15) is 6.92 Å². The highest BCUT2D eigenvalue weighted by Crippen LogP contribution is 2.23. The molecule has 0 aliphatic heterocycles. The maximum atomic E-state index is 11.3. The monoisotopic (exact) mass is 272 g/mol. The normalized spacial score (nSPS) is 10.7. The fourth-order valence-corrected chi connectivity index (χ4v) is 1.92. The molecule has 0 saturated carbocycles. The van der Waals surface area contributed by atoms with E-state index in [1.54, 1.807) is 25.6 Å². The Labute approximate surface area is 114 Å². The quantitative estimate of drug-likeness (QED) is 0.685. The molecule has 6 heteroatoms. The summed E-state index contributed by atoms with van der Waals surface area (Å²) < 4.78 is 16.6. The second-order valence-corrected chi connectivity index (χ2v) is 4.02. The number of hydrogen-bond donors (Lipinski definition) is 0. The van der Waals surface area contributed by atoms with Gasteiger partial charge in [-0.05, 0) is 25.1 Å². The van der Waals surface area contributed by atoms with E-state index in [4.69, 9.17) is 13.9 Å². The Kier molecular flexibility index (Phi) is 3.12. The first-order valence-electron chi connectivity index (χ1n) is 6.13. The number of carbonyl (C=O) groups is 1. The lowest BCUT2D eigenvalue weighted by molar-refractivity contribution is 0.103. The zero-order valence-electron chi connectivity index (χ0n) is 10.8. The third-order valence-electron chi connectivity index (χ3n) is 2.74. The number of pyridine rings is 1. The van der Waals surface area contributed by atoms with Crippen LogP contribution in [0.25, 0.3) is 16.9 Å². The van der Waals surface area contributed by atoms with E-state index in [9.17, 15) is 4.79 Å². The van der Waals surface area contributed by atoms with Crippen LogP contribution in [0.4, 0.5) is 4.79 Å². The van der Waals surface area contributed by atoms with Gasteiger partial charge in [-0.15, -0.1) is 0 Å². The van der Waals surface area contributed by atoms with E-state index in [0.717, 1.165) is 11.3 Å². The molecule has 20 heavy (non-hydrogen) atoms. The van der Waals surface area contributed by atoms with Gasteiger partial charge in [0.25, 0.3) is 0 Å². The van der Waals surface area contributed by atoms with Crippen molar-refractivity contribution < 1.29 is 18.7 Å². The van der Waals surface area contributed by atoms with Crippen molar-refractivity contribution >= 4 is 11.8 Å². The Morgan fingerprint density at radius 1 is 1.40 bits per heavy atom. The van der Waals surface area contributed by atoms with Crippen molar-refractivity contribution in [3.63, 3.8) is 0 Å². The number of ether oxygens (including phenoxy) is 2. The van der Waals surface area contributed by atoms with Crippen LogP contribution in [0, 0.1) is 0 Å². The number of carbonyl (C=O) groups excluding carboxylic acids is 1. The largest absolute Gasteiger partial charge is 0.515 e. The lowest BCUT2D eigenvalue weighted by Crippen LogP contribution is -2.10. The third kappa shape index (κ3) is 2.23. The summed E-state index contributed by atoms with van der Waals surface area (Å²) in [5, 5.41) is 0. The molecule has 0 aliphatic rings. The van der Waals surface area contributed by atoms with Crippen LogP contribution in [0.15, 0.2) is 47.4 Å². The fraction of sp³-hybridized carbons (Fsp3) is 0.143. The van der Waals surface area contributed by atoms with Gasteiger partial charge in [0.05, 0.1) is 31.0 Å². The van der Waals surface area contributed by atoms with Crippen LogP contribution in [-0.4, -0.2) is 22.1 Å². The molecular formula is C14H12N2O4. The van der Waals surface area contributed by atoms with E-state index in [2.05, 4.69) is 4.98 Å². The van der Waals surface area contributed by atoms with E-state index in [-0.39, 0.29) is 12.5 Å². The van der Waals surface area contributed by atoms with Crippen molar-refractivity contribution in [1.29, 1.82) is 0 Å². The van der Waals surface area contributed by atoms with Gasteiger partial charge in [-0.3, -0.25) is 4.40 Å². The topological polar surface area (TPSA) is 66.0 Å². The van der Waals surface area contributed by atoms with Gasteiger partial charge in [-0.25, -0.2) is 4.79 Å². The van der Waals surface area contributed by atoms with Crippen molar-refractivity contribution in [3.05, 3.63) is 43.0 Å². The Bertz CT molecular complexity index is 731. The summed E-state index contributed by atoms with van der Waals surface area (Å²) >= 11 is 0. The number of imidazole rings is 1. The Balaban J connectivity index is 1.99. The number of furan rings is 1. The van der Waals surface area contributed by atoms with Crippen molar-refractivity contribution in [2.75, 3.05) is 6.61 Å². The highest BCUT2D eigenvalue weighted by atomic mass is 16.7. The molecule has 0 aliphatic carbocycles. The number of fused-ring (bicyclic) bond motifs is 1. The van der Waals surface area contributed by atoms with Gasteiger partial charge in [0, 0.05) is 5.56 Å². The Morgan fingerprint density at radius 2 is 2.30 bits per heavy atom. The van der Waals surface area contributed by atoms with Gasteiger partial charge in [0.2, 0.25) is 5.88 Å². The van der Waals surface area contributed by atoms with Gasteiger partial charge >= 0.3 is 6.16 Å². The minimum atomic E-state index is -0.763. The predicted octanol–water partition coefficient (Wildman–Crippen LogP) is 3.13. The SMILES string of the molecule is CCOC(=O)Oc1cn2c(-c3ccoc3)cccc2n1. The summed E-state index contributed by atoms with van der Waals surface area (Å²) in [5.74, 6) is 0.194. The van der Waals surface area contributed by atoms with E-state index in [1.165, 1.54) is 0 Å². The molecule has 0 atom stereocenters. The van der Waals surface area contributed by atoms with Gasteiger partial charge in [-0.1, -0.05) is 6.07 Å². The van der Waals surface area contributed by atoms with E-state index < -0.39 is 6.16 Å². The fourth-order valence-electron chi connectivity index (χ4n) is 1.92. The van der Waals surface area contributed by atoms with Crippen LogP contribution in [0.5, 0.6) is 5.88 Å². The van der Waals surface area contributed by atoms with E-state index in [0.29, 0.717) is 5.65 Å². The molecular weight excluding hydrogens is 260 g/mol. The second-order valence-electron chi connectivity index (χ2n) is 4.02. The van der Waals surface area contributed by atoms with E-state index >= 15 is 0 Å². The first-order chi connectivity index (χ1) is 9.78. The lowest BCUT2D eigenvalue weighted by Gasteiger charge is -2.01. The summed E-state index contributed by atoms with van der Waals surface area (Å²) in [6, 6.07) is 7.47. The smallest absolute Gasteiger partial charge is 0.472 e. The first kappa shape index (κ1) is 12.3. The predicted molar refractivity (Wildman–Crippen MR) is 70.5 cm³/mol. The Hall–Kier alpha value is -2.76. The van der Waals surface area contributed by atoms with Gasteiger partial charge in [-0.2, -0.15) is 4.98 Å². The van der Waals surface area contributed by atoms with Crippen LogP contribution in [-0.2, 0) is 4.74 Å². The molecule has 3 rings (SSSR count). The van der Waals surface area contributed by atoms with Crippen LogP contribution < -0.4 is 4.74 Å². The Morgan fingerprint density at radius 3 is 3.05 bits per heavy atom. The summed E-state index contributed by atoms with van der Waals surface area (Å²) in [5.41, 5.74) is 2.47. The average Bonchev–Trinajstić information content (AvgIpc) is 3.06. The van der Waals surface area contributed by atoms with Gasteiger partial charge < -0.3 is 13.9 Å². The second kappa shape index (κ2) is 5.08. The molecule has 0 aromatic carbocycles. The molecule has 3 heterocycles. The van der Waals surface area contributed by atoms with Crippen molar-refractivity contribution in [3.8, 4) is 17.1 Å². The number of nitrogens with zero attached hydrogens (tertiary/aromatic N) is 2. The molecule has 3 aromatic rings. The van der Waals surface area contributed by atoms with Crippen LogP contribution >= 0.6 is 0 Å². The minimum absolute atomic E-state index is 0.194. The van der Waals surface area contributed by atoms with Gasteiger partial charge in [0.1, 0.15) is 5.65 Å². The lowest BCUT2D eigenvalue weighted by atomic mass is 10.2. The molecule has 0 fully saturated rings. The minimum Gasteiger partial charge on any atom is -0.472 e. The summed E-state index contributed by atoms with van der Waals surface area (Å²) in [6.07, 6.45) is 4.11. The average molecular weight is 272 g/mol. The summed E-state index contributed by atoms with van der Waals surface area (Å²) in [4.78, 5) is 15.5. The van der Waals surface area contributed by atoms with Gasteiger partial charge in [0.15, 0.2) is 0 Å². The molecule has 3 aromatic heterocycles. The molecule has 0 bridgehead atoms. The number of aromatic nitrogens is 2. The van der Waals surface area contributed by atoms with Crippen molar-refractivity contribution in [1.82, 2.24) is 9.38 Å². The van der Waals surface area contributed by atoms with Crippen molar-refractivity contribution in [2.45, 2.75) is 6.92 Å². The molecule has 0 amide bonds. The van der Waals surface area contributed by atoms with E-state index in [1.807, 2.05) is 28.7 Å². The molecule has 0 saturated heterocycles. The molecule has 0 spiro atoms. The standard InChI is InChI=1S/C14H12N2O4/c1-2-19-14(17)20-13-8-16-11(10-6-7-18-9-10)4-3-5-12(16)15-13/h3-9H,2H2,1H3. The molecule has 0 radical (unpaired) electrons. The molecule has 0 unspecified atom stereocenters. The third-order valence-corrected chi connectivity index (χ3v) is 2.74. The number of hydrogen-bond acceptors (Lipinski definition) is 5. The first-order valence-corrected chi connectivity index (χ1v) is 6.13. The maximum absolute atomic E-state index is 11.3. The molecule has 102 valence electrons. The zero-order chi connectivity index (χ0) is 13.9. The highest BCUT2D eigenvalue weighted by molar-refractivity contribution is 5.66. The summed E-state index contributed by atoms with van der Waals surface area (Å²) in [6.45, 7) is 1.97. The summed E-state index contributed by atoms with van der Waals surface area (Å²) in [7, 11) is 0. The molecule has 0 N–H and O–H groups in total. The van der Waals surface area contributed by atoms with Crippen LogP contribution in [0.2, 0.25) is 0 Å². The zero-order valence-corrected chi connectivity index (χ0v) is 10.8. The maximum Gasteiger partial charge on any atom is 0.515 e.